The smallest absolute Gasteiger partial charge is 0.429 e. The van der Waals surface area contributed by atoms with E-state index in [1.54, 1.807) is 0 Å². The molecule has 1 saturated heterocycles. The number of hydrogen-bond donors (Lipinski definition) is 0. The van der Waals surface area contributed by atoms with Crippen molar-refractivity contribution in [3.63, 3.8) is 0 Å². The van der Waals surface area contributed by atoms with E-state index in [-0.39, 0.29) is 35.8 Å². The van der Waals surface area contributed by atoms with E-state index < -0.39 is 46.5 Å². The van der Waals surface area contributed by atoms with Crippen molar-refractivity contribution in [1.82, 2.24) is 0 Å². The van der Waals surface area contributed by atoms with Gasteiger partial charge in [0.25, 0.3) is 0 Å². The minimum Gasteiger partial charge on any atom is -0.429 e. The molecule has 10 heteroatoms. The van der Waals surface area contributed by atoms with Gasteiger partial charge in [-0.05, 0) is 55.7 Å². The van der Waals surface area contributed by atoms with E-state index in [0.717, 1.165) is 31.4 Å². The fourth-order valence-electron chi connectivity index (χ4n) is 5.30. The molecule has 38 heavy (non-hydrogen) atoms. The zero-order valence-electron chi connectivity index (χ0n) is 21.1. The monoisotopic (exact) mass is 548 g/mol. The van der Waals surface area contributed by atoms with Crippen molar-refractivity contribution in [3.05, 3.63) is 64.5 Å². The Morgan fingerprint density at radius 2 is 1.39 bits per heavy atom. The summed E-state index contributed by atoms with van der Waals surface area (Å²) < 4.78 is 115. The maximum absolute atomic E-state index is 14.8. The Hall–Kier alpha value is -2.33. The highest BCUT2D eigenvalue weighted by molar-refractivity contribution is 5.33. The van der Waals surface area contributed by atoms with Gasteiger partial charge in [0.1, 0.15) is 22.9 Å². The molecule has 0 spiro atoms. The average molecular weight is 549 g/mol. The first-order chi connectivity index (χ1) is 18.1. The predicted octanol–water partition coefficient (Wildman–Crippen LogP) is 8.35. The van der Waals surface area contributed by atoms with Crippen LogP contribution in [-0.4, -0.2) is 19.5 Å². The highest BCUT2D eigenvalue weighted by atomic mass is 19.3. The van der Waals surface area contributed by atoms with Crippen LogP contribution in [0.15, 0.2) is 24.3 Å². The zero-order chi connectivity index (χ0) is 27.4. The quantitative estimate of drug-likeness (QED) is 0.179. The molecule has 0 aromatic heterocycles. The summed E-state index contributed by atoms with van der Waals surface area (Å²) in [5.41, 5.74) is -1.46. The minimum absolute atomic E-state index is 0.144. The summed E-state index contributed by atoms with van der Waals surface area (Å²) in [6, 6.07) is 2.00. The second kappa shape index (κ2) is 12.2. The molecule has 0 atom stereocenters. The maximum atomic E-state index is 14.8. The van der Waals surface area contributed by atoms with Gasteiger partial charge in [-0.25, -0.2) is 22.0 Å². The Labute approximate surface area is 217 Å². The van der Waals surface area contributed by atoms with Gasteiger partial charge >= 0.3 is 6.11 Å². The van der Waals surface area contributed by atoms with Crippen molar-refractivity contribution in [2.75, 3.05) is 13.2 Å². The normalized spacial score (nSPS) is 24.4. The van der Waals surface area contributed by atoms with Crippen LogP contribution in [0.4, 0.5) is 30.7 Å². The molecule has 2 aromatic rings. The average Bonchev–Trinajstić information content (AvgIpc) is 2.87. The number of benzene rings is 2. The Morgan fingerprint density at radius 1 is 0.816 bits per heavy atom. The highest BCUT2D eigenvalue weighted by Crippen LogP contribution is 2.42. The SMILES string of the molecule is CCCCCC1COC(C2CCC(c3cc(F)c(C(F)(F)Oc4cc(F)c(F)c(F)c4)c(F)c3)CC2)OC1. The summed E-state index contributed by atoms with van der Waals surface area (Å²) in [5.74, 6) is -9.38. The van der Waals surface area contributed by atoms with E-state index in [1.165, 1.54) is 6.42 Å². The van der Waals surface area contributed by atoms with E-state index in [4.69, 9.17) is 9.47 Å². The molecule has 1 heterocycles. The van der Waals surface area contributed by atoms with E-state index in [9.17, 15) is 30.7 Å². The van der Waals surface area contributed by atoms with E-state index in [2.05, 4.69) is 11.7 Å². The van der Waals surface area contributed by atoms with Crippen LogP contribution in [0.25, 0.3) is 0 Å². The van der Waals surface area contributed by atoms with Crippen LogP contribution in [0, 0.1) is 40.9 Å². The van der Waals surface area contributed by atoms with Crippen molar-refractivity contribution in [1.29, 1.82) is 0 Å². The molecule has 3 nitrogen and oxygen atoms in total. The van der Waals surface area contributed by atoms with Crippen molar-refractivity contribution in [2.24, 2.45) is 11.8 Å². The summed E-state index contributed by atoms with van der Waals surface area (Å²) in [7, 11) is 0. The molecular weight excluding hydrogens is 517 g/mol. The number of ether oxygens (including phenoxy) is 3. The van der Waals surface area contributed by atoms with Gasteiger partial charge in [-0.2, -0.15) is 8.78 Å². The molecule has 0 radical (unpaired) electrons. The molecule has 4 rings (SSSR count). The first-order valence-electron chi connectivity index (χ1n) is 13.0. The summed E-state index contributed by atoms with van der Waals surface area (Å²) in [6.07, 6.45) is 2.19. The predicted molar refractivity (Wildman–Crippen MR) is 125 cm³/mol. The lowest BCUT2D eigenvalue weighted by molar-refractivity contribution is -0.229. The van der Waals surface area contributed by atoms with Crippen LogP contribution in [0.1, 0.15) is 75.3 Å². The lowest BCUT2D eigenvalue weighted by Crippen LogP contribution is -2.38. The highest BCUT2D eigenvalue weighted by Gasteiger charge is 2.42. The number of halogens is 7. The second-order valence-corrected chi connectivity index (χ2v) is 10.2. The van der Waals surface area contributed by atoms with Crippen molar-refractivity contribution < 1.29 is 44.9 Å². The van der Waals surface area contributed by atoms with E-state index in [1.807, 2.05) is 0 Å². The van der Waals surface area contributed by atoms with Crippen LogP contribution in [0.5, 0.6) is 5.75 Å². The third kappa shape index (κ3) is 6.62. The molecule has 0 unspecified atom stereocenters. The molecule has 1 saturated carbocycles. The lowest BCUT2D eigenvalue weighted by Gasteiger charge is -2.37. The second-order valence-electron chi connectivity index (χ2n) is 10.2. The molecule has 2 fully saturated rings. The van der Waals surface area contributed by atoms with E-state index >= 15 is 0 Å². The summed E-state index contributed by atoms with van der Waals surface area (Å²) in [4.78, 5) is 0. The van der Waals surface area contributed by atoms with E-state index in [0.29, 0.717) is 44.8 Å². The number of rotatable bonds is 9. The fourth-order valence-corrected chi connectivity index (χ4v) is 5.30. The van der Waals surface area contributed by atoms with Crippen molar-refractivity contribution in [2.45, 2.75) is 76.6 Å². The fraction of sp³-hybridized carbons (Fsp3) is 0.571. The summed E-state index contributed by atoms with van der Waals surface area (Å²) in [5, 5.41) is 0. The van der Waals surface area contributed by atoms with Gasteiger partial charge in [-0.3, -0.25) is 0 Å². The molecule has 0 amide bonds. The molecular formula is C28H31F7O3. The standard InChI is InChI=1S/C28H31F7O3/c1-2-3-4-5-16-14-36-27(37-15-16)18-8-6-17(7-9-18)19-10-21(29)25(22(30)11-19)28(34,35)38-20-12-23(31)26(33)24(32)13-20/h10-13,16-18,27H,2-9,14-15H2,1H3. The summed E-state index contributed by atoms with van der Waals surface area (Å²) >= 11 is 0. The first-order valence-corrected chi connectivity index (χ1v) is 13.0. The number of hydrogen-bond acceptors (Lipinski definition) is 3. The van der Waals surface area contributed by atoms with Crippen LogP contribution in [0.2, 0.25) is 0 Å². The van der Waals surface area contributed by atoms with Gasteiger partial charge in [0.05, 0.1) is 13.2 Å². The van der Waals surface area contributed by atoms with Crippen molar-refractivity contribution >= 4 is 0 Å². The number of unbranched alkanes of at least 4 members (excludes halogenated alkanes) is 2. The largest absolute Gasteiger partial charge is 0.432 e. The van der Waals surface area contributed by atoms with Gasteiger partial charge in [0.15, 0.2) is 23.7 Å². The molecule has 1 aliphatic heterocycles. The van der Waals surface area contributed by atoms with Gasteiger partial charge < -0.3 is 14.2 Å². The van der Waals surface area contributed by atoms with Crippen molar-refractivity contribution in [3.8, 4) is 5.75 Å². The summed E-state index contributed by atoms with van der Waals surface area (Å²) in [6.45, 7) is 3.46. The minimum atomic E-state index is -4.61. The molecule has 1 aliphatic carbocycles. The van der Waals surface area contributed by atoms with Gasteiger partial charge in [0, 0.05) is 24.0 Å². The van der Waals surface area contributed by atoms with Gasteiger partial charge in [0.2, 0.25) is 0 Å². The van der Waals surface area contributed by atoms with Crippen LogP contribution in [0.3, 0.4) is 0 Å². The van der Waals surface area contributed by atoms with Crippen LogP contribution < -0.4 is 4.74 Å². The Morgan fingerprint density at radius 3 is 1.95 bits per heavy atom. The molecule has 2 aromatic carbocycles. The third-order valence-corrected chi connectivity index (χ3v) is 7.40. The molecule has 0 N–H and O–H groups in total. The maximum Gasteiger partial charge on any atom is 0.432 e. The third-order valence-electron chi connectivity index (χ3n) is 7.40. The topological polar surface area (TPSA) is 27.7 Å². The van der Waals surface area contributed by atoms with Gasteiger partial charge in [-0.1, -0.05) is 26.2 Å². The Balaban J connectivity index is 1.36. The Kier molecular flexibility index (Phi) is 9.23. The Bertz CT molecular complexity index is 1050. The van der Waals surface area contributed by atoms with Crippen LogP contribution >= 0.6 is 0 Å². The van der Waals surface area contributed by atoms with Crippen LogP contribution in [-0.2, 0) is 15.6 Å². The van der Waals surface area contributed by atoms with Gasteiger partial charge in [-0.15, -0.1) is 0 Å². The first kappa shape index (κ1) is 28.7. The number of alkyl halides is 2. The zero-order valence-corrected chi connectivity index (χ0v) is 21.1. The molecule has 0 bridgehead atoms. The molecule has 2 aliphatic rings. The lowest BCUT2D eigenvalue weighted by atomic mass is 9.78. The molecule has 210 valence electrons.